The third kappa shape index (κ3) is 6.04. The van der Waals surface area contributed by atoms with E-state index in [1.165, 1.54) is 5.56 Å². The molecule has 3 heteroatoms. The smallest absolute Gasteiger partial charge is 0.0703 e. The molecule has 2 N–H and O–H groups in total. The first-order chi connectivity index (χ1) is 9.30. The van der Waals surface area contributed by atoms with E-state index >= 15 is 0 Å². The molecule has 0 spiro atoms. The predicted octanol–water partition coefficient (Wildman–Crippen LogP) is 3.43. The first-order valence-corrected chi connectivity index (χ1v) is 7.36. The molecule has 1 unspecified atom stereocenters. The number of benzene rings is 1. The molecule has 0 heterocycles. The van der Waals surface area contributed by atoms with Crippen molar-refractivity contribution in [1.82, 2.24) is 0 Å². The van der Waals surface area contributed by atoms with Gasteiger partial charge < -0.3 is 15.2 Å². The van der Waals surface area contributed by atoms with Gasteiger partial charge in [-0.15, -0.1) is 0 Å². The second-order valence-corrected chi connectivity index (χ2v) is 6.47. The van der Waals surface area contributed by atoms with Crippen molar-refractivity contribution in [1.29, 1.82) is 0 Å². The predicted molar refractivity (Wildman–Crippen MR) is 84.0 cm³/mol. The molecular formula is C17H29NO2. The Morgan fingerprint density at radius 2 is 1.65 bits per heavy atom. The quantitative estimate of drug-likeness (QED) is 0.778. The minimum absolute atomic E-state index is 0.0805. The van der Waals surface area contributed by atoms with E-state index in [0.29, 0.717) is 19.8 Å². The molecule has 20 heavy (non-hydrogen) atoms. The minimum Gasteiger partial charge on any atom is -0.377 e. The Kier molecular flexibility index (Phi) is 6.66. The van der Waals surface area contributed by atoms with E-state index < -0.39 is 0 Å². The van der Waals surface area contributed by atoms with E-state index in [0.717, 1.165) is 5.56 Å². The molecule has 0 saturated carbocycles. The van der Waals surface area contributed by atoms with Gasteiger partial charge in [0.15, 0.2) is 0 Å². The van der Waals surface area contributed by atoms with Crippen LogP contribution in [0.5, 0.6) is 0 Å². The van der Waals surface area contributed by atoms with E-state index in [4.69, 9.17) is 15.2 Å². The lowest BCUT2D eigenvalue weighted by atomic mass is 9.86. The van der Waals surface area contributed by atoms with Crippen molar-refractivity contribution >= 4 is 0 Å². The van der Waals surface area contributed by atoms with Crippen molar-refractivity contribution in [2.24, 2.45) is 5.73 Å². The second kappa shape index (κ2) is 7.77. The van der Waals surface area contributed by atoms with Crippen LogP contribution in [0.4, 0.5) is 0 Å². The summed E-state index contributed by atoms with van der Waals surface area (Å²) in [7, 11) is 0. The van der Waals surface area contributed by atoms with Gasteiger partial charge in [0.2, 0.25) is 0 Å². The minimum atomic E-state index is -0.0805. The highest BCUT2D eigenvalue weighted by Crippen LogP contribution is 2.23. The summed E-state index contributed by atoms with van der Waals surface area (Å²) in [4.78, 5) is 0. The summed E-state index contributed by atoms with van der Waals surface area (Å²) in [6.45, 7) is 12.4. The second-order valence-electron chi connectivity index (χ2n) is 6.47. The van der Waals surface area contributed by atoms with Crippen molar-refractivity contribution in [3.63, 3.8) is 0 Å². The van der Waals surface area contributed by atoms with Gasteiger partial charge in [-0.1, -0.05) is 45.0 Å². The van der Waals surface area contributed by atoms with Gasteiger partial charge in [0, 0.05) is 0 Å². The lowest BCUT2D eigenvalue weighted by Crippen LogP contribution is -2.20. The van der Waals surface area contributed by atoms with Crippen LogP contribution in [-0.4, -0.2) is 25.9 Å². The molecule has 0 radical (unpaired) electrons. The molecule has 0 fully saturated rings. The van der Waals surface area contributed by atoms with Crippen LogP contribution in [0.3, 0.4) is 0 Å². The third-order valence-electron chi connectivity index (χ3n) is 3.18. The van der Waals surface area contributed by atoms with Crippen LogP contribution in [0.2, 0.25) is 0 Å². The van der Waals surface area contributed by atoms with Gasteiger partial charge in [-0.2, -0.15) is 0 Å². The number of nitrogens with two attached hydrogens (primary N) is 1. The van der Waals surface area contributed by atoms with Gasteiger partial charge in [0.25, 0.3) is 0 Å². The maximum absolute atomic E-state index is 6.13. The highest BCUT2D eigenvalue weighted by Gasteiger charge is 2.14. The average molecular weight is 279 g/mol. The van der Waals surface area contributed by atoms with Crippen molar-refractivity contribution in [3.05, 3.63) is 35.4 Å². The Balaban J connectivity index is 2.38. The molecule has 0 bridgehead atoms. The summed E-state index contributed by atoms with van der Waals surface area (Å²) in [6, 6.07) is 8.41. The third-order valence-corrected chi connectivity index (χ3v) is 3.18. The van der Waals surface area contributed by atoms with Crippen LogP contribution in [0, 0.1) is 0 Å². The Hall–Kier alpha value is -0.900. The molecule has 0 aromatic heterocycles. The zero-order valence-electron chi connectivity index (χ0n) is 13.5. The molecule has 1 atom stereocenters. The van der Waals surface area contributed by atoms with Crippen LogP contribution >= 0.6 is 0 Å². The monoisotopic (exact) mass is 279 g/mol. The maximum atomic E-state index is 6.13. The normalized spacial score (nSPS) is 13.8. The van der Waals surface area contributed by atoms with Crippen LogP contribution in [0.1, 0.15) is 51.8 Å². The van der Waals surface area contributed by atoms with Crippen molar-refractivity contribution < 1.29 is 9.47 Å². The summed E-state index contributed by atoms with van der Waals surface area (Å²) >= 11 is 0. The maximum Gasteiger partial charge on any atom is 0.0703 e. The first-order valence-electron chi connectivity index (χ1n) is 7.36. The van der Waals surface area contributed by atoms with E-state index in [1.807, 2.05) is 13.8 Å². The van der Waals surface area contributed by atoms with Crippen molar-refractivity contribution in [2.75, 3.05) is 19.8 Å². The number of ether oxygens (including phenoxy) is 2. The summed E-state index contributed by atoms with van der Waals surface area (Å²) in [5.74, 6) is 0. The van der Waals surface area contributed by atoms with Gasteiger partial charge in [-0.05, 0) is 30.4 Å². The fourth-order valence-corrected chi connectivity index (χ4v) is 1.88. The lowest BCUT2D eigenvalue weighted by Gasteiger charge is -2.20. The topological polar surface area (TPSA) is 44.5 Å². The SMILES string of the molecule is CC(C)OCCOCC(N)c1ccc(C(C)(C)C)cc1. The van der Waals surface area contributed by atoms with Crippen LogP contribution in [0.15, 0.2) is 24.3 Å². The van der Waals surface area contributed by atoms with Gasteiger partial charge in [0.1, 0.15) is 0 Å². The summed E-state index contributed by atoms with van der Waals surface area (Å²) in [5, 5.41) is 0. The van der Waals surface area contributed by atoms with Crippen LogP contribution in [0.25, 0.3) is 0 Å². The van der Waals surface area contributed by atoms with Crippen molar-refractivity contribution in [2.45, 2.75) is 52.2 Å². The number of hydrogen-bond acceptors (Lipinski definition) is 3. The standard InChI is InChI=1S/C17H29NO2/c1-13(2)20-11-10-19-12-16(18)14-6-8-15(9-7-14)17(3,4)5/h6-9,13,16H,10-12,18H2,1-5H3. The first kappa shape index (κ1) is 17.2. The average Bonchev–Trinajstić information content (AvgIpc) is 2.37. The zero-order chi connectivity index (χ0) is 15.2. The van der Waals surface area contributed by atoms with Gasteiger partial charge in [-0.3, -0.25) is 0 Å². The molecule has 0 amide bonds. The van der Waals surface area contributed by atoms with Crippen molar-refractivity contribution in [3.8, 4) is 0 Å². The molecule has 0 aliphatic heterocycles. The molecule has 0 aliphatic carbocycles. The molecule has 114 valence electrons. The van der Waals surface area contributed by atoms with Gasteiger partial charge in [-0.25, -0.2) is 0 Å². The fraction of sp³-hybridized carbons (Fsp3) is 0.647. The molecule has 1 aromatic carbocycles. The number of hydrogen-bond donors (Lipinski definition) is 1. The lowest BCUT2D eigenvalue weighted by molar-refractivity contribution is 0.0161. The molecule has 3 nitrogen and oxygen atoms in total. The molecule has 0 aliphatic rings. The Morgan fingerprint density at radius 3 is 2.15 bits per heavy atom. The van der Waals surface area contributed by atoms with E-state index in [2.05, 4.69) is 45.0 Å². The largest absolute Gasteiger partial charge is 0.377 e. The molecule has 0 saturated heterocycles. The Bertz CT molecular complexity index is 379. The van der Waals surface area contributed by atoms with E-state index in [9.17, 15) is 0 Å². The Morgan fingerprint density at radius 1 is 1.05 bits per heavy atom. The summed E-state index contributed by atoms with van der Waals surface area (Å²) in [6.07, 6.45) is 0.247. The highest BCUT2D eigenvalue weighted by atomic mass is 16.5. The molecule has 1 aromatic rings. The van der Waals surface area contributed by atoms with Gasteiger partial charge >= 0.3 is 0 Å². The van der Waals surface area contributed by atoms with Crippen LogP contribution in [-0.2, 0) is 14.9 Å². The molecule has 1 rings (SSSR count). The zero-order valence-corrected chi connectivity index (χ0v) is 13.5. The van der Waals surface area contributed by atoms with Crippen LogP contribution < -0.4 is 5.73 Å². The number of rotatable bonds is 7. The summed E-state index contributed by atoms with van der Waals surface area (Å²) < 4.78 is 11.0. The van der Waals surface area contributed by atoms with E-state index in [1.54, 1.807) is 0 Å². The fourth-order valence-electron chi connectivity index (χ4n) is 1.88. The van der Waals surface area contributed by atoms with Gasteiger partial charge in [0.05, 0.1) is 32.0 Å². The van der Waals surface area contributed by atoms with E-state index in [-0.39, 0.29) is 17.6 Å². The molecular weight excluding hydrogens is 250 g/mol. The summed E-state index contributed by atoms with van der Waals surface area (Å²) in [5.41, 5.74) is 8.74. The highest BCUT2D eigenvalue weighted by molar-refractivity contribution is 5.29. The Labute approximate surface area is 123 Å².